The average Bonchev–Trinajstić information content (AvgIpc) is 2.77. The number of para-hydroxylation sites is 1. The topological polar surface area (TPSA) is 42.0 Å². The Labute approximate surface area is 175 Å². The molecule has 0 aliphatic heterocycles. The number of rotatable bonds is 6. The molecule has 1 N–H and O–H groups in total. The molecule has 0 aliphatic carbocycles. The number of benzene rings is 3. The Hall–Kier alpha value is -3.17. The van der Waals surface area contributed by atoms with Crippen molar-refractivity contribution in [1.29, 1.82) is 0 Å². The molecule has 0 spiro atoms. The van der Waals surface area contributed by atoms with E-state index in [0.717, 1.165) is 35.0 Å². The van der Waals surface area contributed by atoms with E-state index in [1.807, 2.05) is 72.8 Å². The minimum Gasteiger partial charge on any atom is -0.352 e. The molecule has 1 amide bonds. The summed E-state index contributed by atoms with van der Waals surface area (Å²) in [6.45, 7) is 0.626. The number of amides is 1. The van der Waals surface area contributed by atoms with Gasteiger partial charge in [-0.25, -0.2) is 4.98 Å². The van der Waals surface area contributed by atoms with Crippen LogP contribution in [0.15, 0.2) is 84.9 Å². The van der Waals surface area contributed by atoms with Crippen LogP contribution in [0, 0.1) is 0 Å². The Balaban J connectivity index is 1.55. The SMILES string of the molecule is O=C(NCCCc1ccccc1)c1cc(-c2ccc(Cl)cc2)nc2ccccc12. The van der Waals surface area contributed by atoms with Gasteiger partial charge >= 0.3 is 0 Å². The molecule has 0 unspecified atom stereocenters. The quantitative estimate of drug-likeness (QED) is 0.408. The molecule has 1 heterocycles. The molecule has 3 nitrogen and oxygen atoms in total. The standard InChI is InChI=1S/C25H21ClN2O/c26-20-14-12-19(13-15-20)24-17-22(21-10-4-5-11-23(21)28-24)25(29)27-16-6-9-18-7-2-1-3-8-18/h1-5,7-8,10-15,17H,6,9,16H2,(H,27,29). The molecule has 0 radical (unpaired) electrons. The molecule has 4 heteroatoms. The van der Waals surface area contributed by atoms with Crippen molar-refractivity contribution in [2.24, 2.45) is 0 Å². The summed E-state index contributed by atoms with van der Waals surface area (Å²) in [6.07, 6.45) is 1.83. The van der Waals surface area contributed by atoms with Gasteiger partial charge in [0.15, 0.2) is 0 Å². The molecule has 0 bridgehead atoms. The van der Waals surface area contributed by atoms with Crippen molar-refractivity contribution in [3.63, 3.8) is 0 Å². The summed E-state index contributed by atoms with van der Waals surface area (Å²) >= 11 is 6.01. The molecule has 0 aliphatic rings. The van der Waals surface area contributed by atoms with E-state index in [2.05, 4.69) is 17.4 Å². The first kappa shape index (κ1) is 19.2. The number of hydrogen-bond donors (Lipinski definition) is 1. The van der Waals surface area contributed by atoms with E-state index in [1.165, 1.54) is 5.56 Å². The Morgan fingerprint density at radius 3 is 2.41 bits per heavy atom. The van der Waals surface area contributed by atoms with Crippen molar-refractivity contribution >= 4 is 28.4 Å². The monoisotopic (exact) mass is 400 g/mol. The third-order valence-electron chi connectivity index (χ3n) is 4.87. The maximum absolute atomic E-state index is 12.9. The van der Waals surface area contributed by atoms with Gasteiger partial charge in [-0.3, -0.25) is 4.79 Å². The first-order valence-corrected chi connectivity index (χ1v) is 10.1. The van der Waals surface area contributed by atoms with Crippen LogP contribution in [0.25, 0.3) is 22.2 Å². The van der Waals surface area contributed by atoms with Gasteiger partial charge in [-0.2, -0.15) is 0 Å². The third kappa shape index (κ3) is 4.64. The third-order valence-corrected chi connectivity index (χ3v) is 5.12. The Morgan fingerprint density at radius 2 is 1.62 bits per heavy atom. The second kappa shape index (κ2) is 8.89. The van der Waals surface area contributed by atoms with Crippen LogP contribution >= 0.6 is 11.6 Å². The molecule has 29 heavy (non-hydrogen) atoms. The number of hydrogen-bond acceptors (Lipinski definition) is 2. The highest BCUT2D eigenvalue weighted by Crippen LogP contribution is 2.26. The smallest absolute Gasteiger partial charge is 0.252 e. The molecule has 0 saturated heterocycles. The van der Waals surface area contributed by atoms with Crippen LogP contribution in [-0.4, -0.2) is 17.4 Å². The molecule has 4 aromatic rings. The highest BCUT2D eigenvalue weighted by Gasteiger charge is 2.13. The van der Waals surface area contributed by atoms with Gasteiger partial charge in [-0.05, 0) is 42.7 Å². The Bertz CT molecular complexity index is 1120. The van der Waals surface area contributed by atoms with E-state index >= 15 is 0 Å². The molecule has 3 aromatic carbocycles. The summed E-state index contributed by atoms with van der Waals surface area (Å²) in [5.41, 5.74) is 4.41. The van der Waals surface area contributed by atoms with Crippen LogP contribution in [0.3, 0.4) is 0 Å². The van der Waals surface area contributed by atoms with Gasteiger partial charge < -0.3 is 5.32 Å². The molecule has 1 aromatic heterocycles. The fraction of sp³-hybridized carbons (Fsp3) is 0.120. The normalized spacial score (nSPS) is 10.8. The van der Waals surface area contributed by atoms with Crippen molar-refractivity contribution in [2.75, 3.05) is 6.54 Å². The lowest BCUT2D eigenvalue weighted by Gasteiger charge is -2.11. The van der Waals surface area contributed by atoms with Gasteiger partial charge in [0, 0.05) is 22.5 Å². The van der Waals surface area contributed by atoms with Crippen LogP contribution in [0.1, 0.15) is 22.3 Å². The van der Waals surface area contributed by atoms with E-state index in [9.17, 15) is 4.79 Å². The van der Waals surface area contributed by atoms with Crippen LogP contribution in [-0.2, 0) is 6.42 Å². The zero-order chi connectivity index (χ0) is 20.1. The maximum Gasteiger partial charge on any atom is 0.252 e. The number of aromatic nitrogens is 1. The number of fused-ring (bicyclic) bond motifs is 1. The number of carbonyl (C=O) groups excluding carboxylic acids is 1. The van der Waals surface area contributed by atoms with E-state index in [0.29, 0.717) is 17.1 Å². The molecule has 4 rings (SSSR count). The average molecular weight is 401 g/mol. The van der Waals surface area contributed by atoms with Crippen molar-refractivity contribution in [1.82, 2.24) is 10.3 Å². The number of pyridine rings is 1. The highest BCUT2D eigenvalue weighted by atomic mass is 35.5. The van der Waals surface area contributed by atoms with Gasteiger partial charge in [0.05, 0.1) is 16.8 Å². The fourth-order valence-electron chi connectivity index (χ4n) is 3.37. The molecule has 0 atom stereocenters. The minimum absolute atomic E-state index is 0.0770. The van der Waals surface area contributed by atoms with Crippen molar-refractivity contribution in [3.05, 3.63) is 101 Å². The summed E-state index contributed by atoms with van der Waals surface area (Å²) in [5.74, 6) is -0.0770. The molecular weight excluding hydrogens is 380 g/mol. The first-order valence-electron chi connectivity index (χ1n) is 9.68. The van der Waals surface area contributed by atoms with Gasteiger partial charge in [-0.15, -0.1) is 0 Å². The second-order valence-corrected chi connectivity index (χ2v) is 7.36. The van der Waals surface area contributed by atoms with E-state index < -0.39 is 0 Å². The van der Waals surface area contributed by atoms with Crippen LogP contribution in [0.4, 0.5) is 0 Å². The number of nitrogens with zero attached hydrogens (tertiary/aromatic N) is 1. The van der Waals surface area contributed by atoms with Gasteiger partial charge in [0.2, 0.25) is 0 Å². The number of nitrogens with one attached hydrogen (secondary N) is 1. The summed E-state index contributed by atoms with van der Waals surface area (Å²) < 4.78 is 0. The minimum atomic E-state index is -0.0770. The Kier molecular flexibility index (Phi) is 5.87. The predicted octanol–water partition coefficient (Wildman–Crippen LogP) is 5.92. The largest absolute Gasteiger partial charge is 0.352 e. The predicted molar refractivity (Wildman–Crippen MR) is 119 cm³/mol. The van der Waals surface area contributed by atoms with Crippen LogP contribution < -0.4 is 5.32 Å². The molecule has 0 saturated carbocycles. The fourth-order valence-corrected chi connectivity index (χ4v) is 3.49. The van der Waals surface area contributed by atoms with Crippen LogP contribution in [0.2, 0.25) is 5.02 Å². The van der Waals surface area contributed by atoms with Gasteiger partial charge in [0.1, 0.15) is 0 Å². The van der Waals surface area contributed by atoms with Crippen molar-refractivity contribution in [3.8, 4) is 11.3 Å². The zero-order valence-electron chi connectivity index (χ0n) is 15.9. The van der Waals surface area contributed by atoms with Gasteiger partial charge in [-0.1, -0.05) is 72.3 Å². The first-order chi connectivity index (χ1) is 14.2. The summed E-state index contributed by atoms with van der Waals surface area (Å²) in [5, 5.41) is 4.59. The lowest BCUT2D eigenvalue weighted by Crippen LogP contribution is -2.25. The lowest BCUT2D eigenvalue weighted by molar-refractivity contribution is 0.0955. The maximum atomic E-state index is 12.9. The lowest BCUT2D eigenvalue weighted by atomic mass is 10.0. The number of aryl methyl sites for hydroxylation is 1. The number of carbonyl (C=O) groups is 1. The van der Waals surface area contributed by atoms with Crippen molar-refractivity contribution in [2.45, 2.75) is 12.8 Å². The van der Waals surface area contributed by atoms with Crippen LogP contribution in [0.5, 0.6) is 0 Å². The molecular formula is C25H21ClN2O. The van der Waals surface area contributed by atoms with E-state index in [4.69, 9.17) is 16.6 Å². The highest BCUT2D eigenvalue weighted by molar-refractivity contribution is 6.30. The van der Waals surface area contributed by atoms with E-state index in [-0.39, 0.29) is 5.91 Å². The zero-order valence-corrected chi connectivity index (χ0v) is 16.7. The molecule has 144 valence electrons. The Morgan fingerprint density at radius 1 is 0.897 bits per heavy atom. The molecule has 0 fully saturated rings. The number of halogens is 1. The summed E-state index contributed by atoms with van der Waals surface area (Å²) in [7, 11) is 0. The summed E-state index contributed by atoms with van der Waals surface area (Å²) in [4.78, 5) is 17.7. The van der Waals surface area contributed by atoms with E-state index in [1.54, 1.807) is 0 Å². The summed E-state index contributed by atoms with van der Waals surface area (Å²) in [6, 6.07) is 27.4. The van der Waals surface area contributed by atoms with Gasteiger partial charge in [0.25, 0.3) is 5.91 Å². The van der Waals surface area contributed by atoms with Crippen molar-refractivity contribution < 1.29 is 4.79 Å². The second-order valence-electron chi connectivity index (χ2n) is 6.92.